The van der Waals surface area contributed by atoms with Gasteiger partial charge in [-0.15, -0.1) is 0 Å². The summed E-state index contributed by atoms with van der Waals surface area (Å²) in [4.78, 5) is 9.65. The van der Waals surface area contributed by atoms with E-state index >= 15 is 0 Å². The largest absolute Gasteiger partial charge is 0.378 e. The van der Waals surface area contributed by atoms with Crippen molar-refractivity contribution in [2.24, 2.45) is 0 Å². The summed E-state index contributed by atoms with van der Waals surface area (Å²) in [5, 5.41) is 0. The van der Waals surface area contributed by atoms with Crippen molar-refractivity contribution in [2.75, 3.05) is 158 Å². The third-order valence-corrected chi connectivity index (χ3v) is 9.51. The molecule has 2 aromatic carbocycles. The minimum Gasteiger partial charge on any atom is -0.378 e. The maximum atomic E-state index is 6.04. The van der Waals surface area contributed by atoms with Crippen LogP contribution in [-0.2, 0) is 64.1 Å². The monoisotopic (exact) mass is 728 g/mol. The number of rotatable bonds is 0. The van der Waals surface area contributed by atoms with E-state index in [1.54, 1.807) is 0 Å². The highest BCUT2D eigenvalue weighted by molar-refractivity contribution is 5.24. The lowest BCUT2D eigenvalue weighted by atomic mass is 10.1. The molecule has 292 valence electrons. The van der Waals surface area contributed by atoms with Gasteiger partial charge in [0, 0.05) is 78.5 Å². The first-order valence-corrected chi connectivity index (χ1v) is 19.5. The number of benzene rings is 2. The van der Waals surface area contributed by atoms with Crippen LogP contribution in [0.1, 0.15) is 22.3 Å². The van der Waals surface area contributed by atoms with Crippen molar-refractivity contribution in [3.63, 3.8) is 0 Å². The zero-order valence-corrected chi connectivity index (χ0v) is 31.5. The smallest absolute Gasteiger partial charge is 0.0701 e. The Balaban J connectivity index is 1.32. The van der Waals surface area contributed by atoms with Gasteiger partial charge in [-0.3, -0.25) is 19.6 Å². The molecule has 12 heteroatoms. The summed E-state index contributed by atoms with van der Waals surface area (Å²) >= 11 is 0. The van der Waals surface area contributed by atoms with E-state index in [0.29, 0.717) is 106 Å². The summed E-state index contributed by atoms with van der Waals surface area (Å²) in [5.41, 5.74) is 5.13. The molecule has 6 aliphatic rings. The average Bonchev–Trinajstić information content (AvgIpc) is 3.14. The van der Waals surface area contributed by atoms with Crippen LogP contribution in [0.4, 0.5) is 0 Å². The third kappa shape index (κ3) is 17.4. The van der Waals surface area contributed by atoms with Gasteiger partial charge in [-0.25, -0.2) is 0 Å². The van der Waals surface area contributed by atoms with Gasteiger partial charge in [0.25, 0.3) is 0 Å². The molecular weight excluding hydrogens is 664 g/mol. The van der Waals surface area contributed by atoms with Gasteiger partial charge in [0.1, 0.15) is 0 Å². The zero-order valence-electron chi connectivity index (χ0n) is 31.5. The minimum absolute atomic E-state index is 0.584. The van der Waals surface area contributed by atoms with Crippen LogP contribution in [-0.4, -0.2) is 178 Å². The Kier molecular flexibility index (Phi) is 20.5. The summed E-state index contributed by atoms with van der Waals surface area (Å²) in [6, 6.07) is 17.8. The molecule has 8 bridgehead atoms. The van der Waals surface area contributed by atoms with Crippen LogP contribution in [0.15, 0.2) is 48.5 Å². The number of hydrogen-bond donors (Lipinski definition) is 0. The second kappa shape index (κ2) is 25.9. The Hall–Kier alpha value is -2.04. The highest BCUT2D eigenvalue weighted by atomic mass is 16.5. The van der Waals surface area contributed by atoms with Gasteiger partial charge < -0.3 is 37.9 Å². The Bertz CT molecular complexity index is 998. The van der Waals surface area contributed by atoms with E-state index in [9.17, 15) is 0 Å². The van der Waals surface area contributed by atoms with Crippen LogP contribution >= 0.6 is 0 Å². The maximum absolute atomic E-state index is 6.04. The van der Waals surface area contributed by atoms with Crippen molar-refractivity contribution >= 4 is 0 Å². The second-order valence-electron chi connectivity index (χ2n) is 13.6. The molecule has 8 rings (SSSR count). The quantitative estimate of drug-likeness (QED) is 0.400. The molecule has 6 heterocycles. The summed E-state index contributed by atoms with van der Waals surface area (Å²) in [6.45, 7) is 19.8. The Labute approximate surface area is 312 Å². The molecule has 0 N–H and O–H groups in total. The fourth-order valence-corrected chi connectivity index (χ4v) is 6.60. The predicted molar refractivity (Wildman–Crippen MR) is 201 cm³/mol. The molecular formula is C40H64N4O8. The van der Waals surface area contributed by atoms with E-state index in [-0.39, 0.29) is 0 Å². The zero-order chi connectivity index (χ0) is 35.7. The van der Waals surface area contributed by atoms with Crippen molar-refractivity contribution in [1.82, 2.24) is 19.6 Å². The molecule has 2 aromatic rings. The van der Waals surface area contributed by atoms with Gasteiger partial charge in [0.2, 0.25) is 0 Å². The first kappa shape index (κ1) is 41.1. The topological polar surface area (TPSA) is 86.8 Å². The molecule has 2 saturated heterocycles. The van der Waals surface area contributed by atoms with Gasteiger partial charge in [0.15, 0.2) is 0 Å². The van der Waals surface area contributed by atoms with E-state index < -0.39 is 0 Å². The third-order valence-electron chi connectivity index (χ3n) is 9.51. The molecule has 0 amide bonds. The molecule has 0 unspecified atom stereocenters. The van der Waals surface area contributed by atoms with Crippen molar-refractivity contribution in [2.45, 2.75) is 26.2 Å². The SMILES string of the molecule is c1cc2cc(c1)CN1CCOCCOCCN(CCOCCOCC1)Cc1cccc(c1)CN1CCOCCOCCN(CCOCCOCC1)C2. The van der Waals surface area contributed by atoms with Gasteiger partial charge in [0.05, 0.1) is 106 Å². The van der Waals surface area contributed by atoms with Crippen molar-refractivity contribution in [3.8, 4) is 0 Å². The van der Waals surface area contributed by atoms with E-state index in [1.807, 2.05) is 0 Å². The first-order chi connectivity index (χ1) is 25.8. The standard InChI is InChI=1S/C40H64N4O8/c1-3-37-31-38(4-1)34-42-9-17-47-25-29-51-21-13-44(14-22-52-30-26-48-18-10-42)36-40-6-2-5-39(32-40)35-43-11-19-49-27-23-45-15-7-41(33-37)8-16-46-24-28-50-20-12-43/h1-6,31-32H,7-30,33-36H2. The van der Waals surface area contributed by atoms with Crippen molar-refractivity contribution in [3.05, 3.63) is 70.8 Å². The first-order valence-electron chi connectivity index (χ1n) is 19.5. The molecule has 0 saturated carbocycles. The molecule has 2 fully saturated rings. The Morgan fingerprint density at radius 1 is 0.269 bits per heavy atom. The molecule has 0 aromatic heterocycles. The molecule has 6 aliphatic heterocycles. The normalized spacial score (nSPS) is 27.5. The summed E-state index contributed by atoms with van der Waals surface area (Å²) in [6.07, 6.45) is 0. The van der Waals surface area contributed by atoms with Crippen LogP contribution < -0.4 is 0 Å². The lowest BCUT2D eigenvalue weighted by molar-refractivity contribution is 0.00583. The van der Waals surface area contributed by atoms with Gasteiger partial charge in [-0.2, -0.15) is 0 Å². The minimum atomic E-state index is 0.584. The number of nitrogens with zero attached hydrogens (tertiary/aromatic N) is 4. The van der Waals surface area contributed by atoms with Crippen molar-refractivity contribution < 1.29 is 37.9 Å². The van der Waals surface area contributed by atoms with Gasteiger partial charge in [-0.1, -0.05) is 48.5 Å². The Morgan fingerprint density at radius 2 is 0.462 bits per heavy atom. The molecule has 12 nitrogen and oxygen atoms in total. The average molecular weight is 729 g/mol. The molecule has 0 spiro atoms. The summed E-state index contributed by atoms with van der Waals surface area (Å²) < 4.78 is 48.3. The fourth-order valence-electron chi connectivity index (χ4n) is 6.60. The van der Waals surface area contributed by atoms with Crippen LogP contribution in [0.2, 0.25) is 0 Å². The Morgan fingerprint density at radius 3 is 0.654 bits per heavy atom. The van der Waals surface area contributed by atoms with E-state index in [2.05, 4.69) is 68.1 Å². The van der Waals surface area contributed by atoms with Crippen LogP contribution in [0, 0.1) is 0 Å². The van der Waals surface area contributed by atoms with Crippen LogP contribution in [0.25, 0.3) is 0 Å². The van der Waals surface area contributed by atoms with Crippen molar-refractivity contribution in [1.29, 1.82) is 0 Å². The number of ether oxygens (including phenoxy) is 8. The molecule has 52 heavy (non-hydrogen) atoms. The summed E-state index contributed by atoms with van der Waals surface area (Å²) in [5.74, 6) is 0. The van der Waals surface area contributed by atoms with E-state index in [1.165, 1.54) is 22.3 Å². The van der Waals surface area contributed by atoms with Gasteiger partial charge in [-0.05, 0) is 22.3 Å². The maximum Gasteiger partial charge on any atom is 0.0701 e. The lowest BCUT2D eigenvalue weighted by Gasteiger charge is -2.25. The predicted octanol–water partition coefficient (Wildman–Crippen LogP) is 2.77. The number of hydrogen-bond acceptors (Lipinski definition) is 12. The second-order valence-corrected chi connectivity index (χ2v) is 13.6. The molecule has 0 aliphatic carbocycles. The lowest BCUT2D eigenvalue weighted by Crippen LogP contribution is -2.33. The molecule has 0 radical (unpaired) electrons. The summed E-state index contributed by atoms with van der Waals surface area (Å²) in [7, 11) is 0. The fraction of sp³-hybridized carbons (Fsp3) is 0.700. The highest BCUT2D eigenvalue weighted by Crippen LogP contribution is 2.14. The highest BCUT2D eigenvalue weighted by Gasteiger charge is 2.13. The van der Waals surface area contributed by atoms with Crippen LogP contribution in [0.3, 0.4) is 0 Å². The van der Waals surface area contributed by atoms with Gasteiger partial charge >= 0.3 is 0 Å². The molecule has 0 atom stereocenters. The van der Waals surface area contributed by atoms with E-state index in [0.717, 1.165) is 78.5 Å². The van der Waals surface area contributed by atoms with Crippen LogP contribution in [0.5, 0.6) is 0 Å². The van der Waals surface area contributed by atoms with E-state index in [4.69, 9.17) is 37.9 Å².